The summed E-state index contributed by atoms with van der Waals surface area (Å²) in [5.74, 6) is -0.908. The van der Waals surface area contributed by atoms with Crippen molar-refractivity contribution in [3.8, 4) is 0 Å². The largest absolute Gasteiger partial charge is 0.480 e. The highest BCUT2D eigenvalue weighted by Crippen LogP contribution is 2.28. The van der Waals surface area contributed by atoms with Gasteiger partial charge in [0, 0.05) is 0 Å². The molecule has 0 aliphatic carbocycles. The maximum Gasteiger partial charge on any atom is 0.320 e. The van der Waals surface area contributed by atoms with E-state index in [0.29, 0.717) is 6.42 Å². The minimum atomic E-state index is -0.908. The maximum atomic E-state index is 10.7. The lowest BCUT2D eigenvalue weighted by molar-refractivity contribution is -0.138. The molecular formula is C15H23NO2. The first-order valence-corrected chi connectivity index (χ1v) is 6.43. The molecule has 0 saturated heterocycles. The first-order chi connectivity index (χ1) is 8.41. The molecule has 1 rings (SSSR count). The van der Waals surface area contributed by atoms with Gasteiger partial charge in [-0.3, -0.25) is 4.79 Å². The Hall–Kier alpha value is -1.35. The predicted octanol–water partition coefficient (Wildman–Crippen LogP) is 2.84. The quantitative estimate of drug-likeness (QED) is 0.781. The molecule has 0 unspecified atom stereocenters. The van der Waals surface area contributed by atoms with Crippen molar-refractivity contribution in [1.82, 2.24) is 0 Å². The number of aryl methyl sites for hydroxylation is 1. The summed E-state index contributed by atoms with van der Waals surface area (Å²) in [5, 5.41) is 8.76. The lowest BCUT2D eigenvalue weighted by atomic mass is 9.81. The Bertz CT molecular complexity index is 373. The van der Waals surface area contributed by atoms with Crippen molar-refractivity contribution in [3.05, 3.63) is 35.9 Å². The van der Waals surface area contributed by atoms with Gasteiger partial charge in [0.2, 0.25) is 0 Å². The van der Waals surface area contributed by atoms with Crippen LogP contribution in [0.5, 0.6) is 0 Å². The molecule has 3 nitrogen and oxygen atoms in total. The third-order valence-electron chi connectivity index (χ3n) is 3.38. The average molecular weight is 249 g/mol. The third-order valence-corrected chi connectivity index (χ3v) is 3.38. The molecule has 1 aromatic rings. The Balaban J connectivity index is 2.38. The summed E-state index contributed by atoms with van der Waals surface area (Å²) in [6.45, 7) is 4.34. The maximum absolute atomic E-state index is 10.7. The Morgan fingerprint density at radius 3 is 2.44 bits per heavy atom. The van der Waals surface area contributed by atoms with E-state index in [-0.39, 0.29) is 5.41 Å². The molecule has 100 valence electrons. The zero-order valence-electron chi connectivity index (χ0n) is 11.2. The Morgan fingerprint density at radius 1 is 1.28 bits per heavy atom. The summed E-state index contributed by atoms with van der Waals surface area (Å²) in [6, 6.07) is 9.62. The number of benzene rings is 1. The average Bonchev–Trinajstić information content (AvgIpc) is 2.35. The van der Waals surface area contributed by atoms with Gasteiger partial charge in [0.05, 0.1) is 0 Å². The molecule has 3 N–H and O–H groups in total. The van der Waals surface area contributed by atoms with E-state index >= 15 is 0 Å². The molecule has 0 saturated carbocycles. The molecule has 0 aromatic heterocycles. The number of carboxylic acids is 1. The van der Waals surface area contributed by atoms with E-state index in [1.54, 1.807) is 0 Å². The van der Waals surface area contributed by atoms with Crippen LogP contribution in [-0.4, -0.2) is 17.1 Å². The molecule has 0 heterocycles. The monoisotopic (exact) mass is 249 g/mol. The molecule has 0 bridgehead atoms. The Morgan fingerprint density at radius 2 is 1.89 bits per heavy atom. The second-order valence-corrected chi connectivity index (χ2v) is 5.63. The third kappa shape index (κ3) is 5.32. The molecule has 0 amide bonds. The summed E-state index contributed by atoms with van der Waals surface area (Å²) in [6.07, 6.45) is 3.45. The zero-order valence-corrected chi connectivity index (χ0v) is 11.2. The number of hydrogen-bond acceptors (Lipinski definition) is 2. The van der Waals surface area contributed by atoms with Gasteiger partial charge in [0.1, 0.15) is 6.04 Å². The highest BCUT2D eigenvalue weighted by Gasteiger charge is 2.21. The van der Waals surface area contributed by atoms with Gasteiger partial charge >= 0.3 is 5.97 Å². The molecule has 0 spiro atoms. The van der Waals surface area contributed by atoms with Crippen LogP contribution in [-0.2, 0) is 11.2 Å². The van der Waals surface area contributed by atoms with Gasteiger partial charge in [-0.2, -0.15) is 0 Å². The lowest BCUT2D eigenvalue weighted by Crippen LogP contribution is -2.31. The zero-order chi connectivity index (χ0) is 13.6. The van der Waals surface area contributed by atoms with E-state index in [1.807, 2.05) is 18.2 Å². The van der Waals surface area contributed by atoms with Gasteiger partial charge in [0.15, 0.2) is 0 Å². The van der Waals surface area contributed by atoms with Crippen LogP contribution in [0.15, 0.2) is 30.3 Å². The summed E-state index contributed by atoms with van der Waals surface area (Å²) in [5.41, 5.74) is 6.99. The van der Waals surface area contributed by atoms with Crippen molar-refractivity contribution in [2.75, 3.05) is 0 Å². The van der Waals surface area contributed by atoms with E-state index < -0.39 is 12.0 Å². The Labute approximate surface area is 109 Å². The molecule has 0 aliphatic rings. The number of rotatable bonds is 7. The number of carboxylic acid groups (broad SMARTS) is 1. The second kappa shape index (κ2) is 6.55. The molecule has 0 radical (unpaired) electrons. The number of hydrogen-bond donors (Lipinski definition) is 2. The van der Waals surface area contributed by atoms with Crippen LogP contribution in [0.2, 0.25) is 0 Å². The van der Waals surface area contributed by atoms with Gasteiger partial charge in [-0.25, -0.2) is 0 Å². The van der Waals surface area contributed by atoms with Crippen molar-refractivity contribution in [3.63, 3.8) is 0 Å². The summed E-state index contributed by atoms with van der Waals surface area (Å²) >= 11 is 0. The van der Waals surface area contributed by atoms with Gasteiger partial charge in [-0.05, 0) is 36.7 Å². The molecule has 0 fully saturated rings. The van der Waals surface area contributed by atoms with Crippen LogP contribution >= 0.6 is 0 Å². The van der Waals surface area contributed by atoms with Gasteiger partial charge in [0.25, 0.3) is 0 Å². The van der Waals surface area contributed by atoms with Crippen LogP contribution in [0, 0.1) is 5.41 Å². The number of nitrogens with two attached hydrogens (primary N) is 1. The van der Waals surface area contributed by atoms with Gasteiger partial charge in [-0.1, -0.05) is 44.2 Å². The second-order valence-electron chi connectivity index (χ2n) is 5.63. The minimum Gasteiger partial charge on any atom is -0.480 e. The van der Waals surface area contributed by atoms with Crippen LogP contribution in [0.1, 0.15) is 38.7 Å². The summed E-state index contributed by atoms with van der Waals surface area (Å²) in [7, 11) is 0. The molecule has 18 heavy (non-hydrogen) atoms. The minimum absolute atomic E-state index is 0.128. The van der Waals surface area contributed by atoms with Crippen molar-refractivity contribution in [2.24, 2.45) is 11.1 Å². The fourth-order valence-electron chi connectivity index (χ4n) is 1.92. The van der Waals surface area contributed by atoms with Crippen LogP contribution in [0.3, 0.4) is 0 Å². The summed E-state index contributed by atoms with van der Waals surface area (Å²) in [4.78, 5) is 10.7. The van der Waals surface area contributed by atoms with Crippen molar-refractivity contribution in [2.45, 2.75) is 45.6 Å². The van der Waals surface area contributed by atoms with E-state index in [0.717, 1.165) is 19.3 Å². The highest BCUT2D eigenvalue weighted by atomic mass is 16.4. The molecule has 0 aliphatic heterocycles. The van der Waals surface area contributed by atoms with E-state index in [1.165, 1.54) is 5.56 Å². The van der Waals surface area contributed by atoms with Crippen molar-refractivity contribution < 1.29 is 9.90 Å². The van der Waals surface area contributed by atoms with E-state index in [2.05, 4.69) is 26.0 Å². The standard InChI is InChI=1S/C15H23NO2/c1-15(2,11-9-13(16)14(17)18)10-8-12-6-4-3-5-7-12/h3-7,13H,8-11,16H2,1-2H3,(H,17,18)/t13-/m0/s1. The topological polar surface area (TPSA) is 63.3 Å². The fourth-order valence-corrected chi connectivity index (χ4v) is 1.92. The van der Waals surface area contributed by atoms with Crippen LogP contribution in [0.25, 0.3) is 0 Å². The molecule has 3 heteroatoms. The van der Waals surface area contributed by atoms with Gasteiger partial charge in [-0.15, -0.1) is 0 Å². The van der Waals surface area contributed by atoms with Gasteiger partial charge < -0.3 is 10.8 Å². The van der Waals surface area contributed by atoms with Crippen molar-refractivity contribution in [1.29, 1.82) is 0 Å². The predicted molar refractivity (Wildman–Crippen MR) is 73.4 cm³/mol. The lowest BCUT2D eigenvalue weighted by Gasteiger charge is -2.25. The Kier molecular flexibility index (Phi) is 5.35. The first kappa shape index (κ1) is 14.7. The van der Waals surface area contributed by atoms with Crippen LogP contribution < -0.4 is 5.73 Å². The fraction of sp³-hybridized carbons (Fsp3) is 0.533. The number of carbonyl (C=O) groups is 1. The smallest absolute Gasteiger partial charge is 0.320 e. The molecule has 1 atom stereocenters. The first-order valence-electron chi connectivity index (χ1n) is 6.43. The number of aliphatic carboxylic acids is 1. The van der Waals surface area contributed by atoms with E-state index in [4.69, 9.17) is 10.8 Å². The van der Waals surface area contributed by atoms with E-state index in [9.17, 15) is 4.79 Å². The highest BCUT2D eigenvalue weighted by molar-refractivity contribution is 5.72. The van der Waals surface area contributed by atoms with Crippen LogP contribution in [0.4, 0.5) is 0 Å². The SMILES string of the molecule is CC(C)(CCc1ccccc1)CC[C@H](N)C(=O)O. The summed E-state index contributed by atoms with van der Waals surface area (Å²) < 4.78 is 0. The van der Waals surface area contributed by atoms with Crippen molar-refractivity contribution >= 4 is 5.97 Å². The normalized spacial score (nSPS) is 13.3. The molecule has 1 aromatic carbocycles. The molecular weight excluding hydrogens is 226 g/mol.